The van der Waals surface area contributed by atoms with Crippen LogP contribution in [0.1, 0.15) is 25.7 Å². The lowest BCUT2D eigenvalue weighted by Crippen LogP contribution is -2.48. The number of hydrogen-bond acceptors (Lipinski definition) is 4. The van der Waals surface area contributed by atoms with Crippen LogP contribution in [0.25, 0.3) is 0 Å². The average Bonchev–Trinajstić information content (AvgIpc) is 3.05. The number of ether oxygens (including phenoxy) is 2. The van der Waals surface area contributed by atoms with Crippen LogP contribution < -0.4 is 20.5 Å². The molecule has 6 heteroatoms. The van der Waals surface area contributed by atoms with Gasteiger partial charge in [-0.05, 0) is 49.2 Å². The summed E-state index contributed by atoms with van der Waals surface area (Å²) in [5, 5.41) is 2.89. The molecule has 25 heavy (non-hydrogen) atoms. The zero-order chi connectivity index (χ0) is 17.0. The third-order valence-electron chi connectivity index (χ3n) is 4.36. The van der Waals surface area contributed by atoms with E-state index in [1.54, 1.807) is 31.4 Å². The quantitative estimate of drug-likeness (QED) is 0.839. The van der Waals surface area contributed by atoms with Crippen LogP contribution >= 0.6 is 12.4 Å². The van der Waals surface area contributed by atoms with Crippen molar-refractivity contribution in [2.24, 2.45) is 5.73 Å². The predicted octanol–water partition coefficient (Wildman–Crippen LogP) is 4.12. The summed E-state index contributed by atoms with van der Waals surface area (Å²) in [6.45, 7) is 0. The lowest BCUT2D eigenvalue weighted by atomic mass is 9.98. The van der Waals surface area contributed by atoms with Gasteiger partial charge >= 0.3 is 0 Å². The summed E-state index contributed by atoms with van der Waals surface area (Å²) in [6.07, 6.45) is 3.51. The van der Waals surface area contributed by atoms with Gasteiger partial charge in [0.05, 0.1) is 12.6 Å². The molecule has 1 fully saturated rings. The van der Waals surface area contributed by atoms with Crippen molar-refractivity contribution in [3.8, 4) is 17.2 Å². The van der Waals surface area contributed by atoms with Crippen LogP contribution in [0.5, 0.6) is 17.2 Å². The molecular formula is C19H23ClN2O3. The van der Waals surface area contributed by atoms with Crippen LogP contribution in [0.3, 0.4) is 0 Å². The number of para-hydroxylation sites is 2. The van der Waals surface area contributed by atoms with Gasteiger partial charge in [0.1, 0.15) is 5.75 Å². The highest BCUT2D eigenvalue weighted by molar-refractivity contribution is 5.98. The summed E-state index contributed by atoms with van der Waals surface area (Å²) < 4.78 is 11.1. The van der Waals surface area contributed by atoms with Gasteiger partial charge in [0.15, 0.2) is 11.5 Å². The lowest BCUT2D eigenvalue weighted by molar-refractivity contribution is -0.121. The van der Waals surface area contributed by atoms with Crippen molar-refractivity contribution < 1.29 is 14.3 Å². The summed E-state index contributed by atoms with van der Waals surface area (Å²) in [4.78, 5) is 12.3. The molecule has 0 bridgehead atoms. The average molecular weight is 363 g/mol. The summed E-state index contributed by atoms with van der Waals surface area (Å²) in [6, 6.07) is 14.7. The maximum atomic E-state index is 12.3. The normalized spacial score (nSPS) is 15.1. The van der Waals surface area contributed by atoms with E-state index in [4.69, 9.17) is 15.2 Å². The highest BCUT2D eigenvalue weighted by Gasteiger charge is 2.36. The standard InChI is InChI=1S/C19H22N2O3.ClH/c1-23-16-6-2-3-7-17(16)24-15-10-8-14(9-11-15)21-18(22)19(20)12-4-5-13-19;/h2-3,6-11H,4-5,12-13,20H2,1H3,(H,21,22);1H. The van der Waals surface area contributed by atoms with Gasteiger partial charge in [-0.25, -0.2) is 0 Å². The molecule has 0 atom stereocenters. The second kappa shape index (κ2) is 8.23. The molecule has 1 amide bonds. The third-order valence-corrected chi connectivity index (χ3v) is 4.36. The van der Waals surface area contributed by atoms with E-state index in [9.17, 15) is 4.79 Å². The van der Waals surface area contributed by atoms with Crippen LogP contribution in [0.2, 0.25) is 0 Å². The van der Waals surface area contributed by atoms with Crippen molar-refractivity contribution in [3.05, 3.63) is 48.5 Å². The molecule has 1 aliphatic carbocycles. The number of carbonyl (C=O) groups excluding carboxylic acids is 1. The number of rotatable bonds is 5. The summed E-state index contributed by atoms with van der Waals surface area (Å²) in [5.74, 6) is 1.86. The monoisotopic (exact) mass is 362 g/mol. The maximum Gasteiger partial charge on any atom is 0.244 e. The number of benzene rings is 2. The summed E-state index contributed by atoms with van der Waals surface area (Å²) in [7, 11) is 1.60. The molecule has 0 spiro atoms. The highest BCUT2D eigenvalue weighted by Crippen LogP contribution is 2.32. The second-order valence-corrected chi connectivity index (χ2v) is 6.09. The van der Waals surface area contributed by atoms with E-state index in [2.05, 4.69) is 5.32 Å². The number of nitrogens with two attached hydrogens (primary N) is 1. The molecular weight excluding hydrogens is 340 g/mol. The van der Waals surface area contributed by atoms with Gasteiger partial charge in [-0.15, -0.1) is 12.4 Å². The van der Waals surface area contributed by atoms with Gasteiger partial charge in [-0.2, -0.15) is 0 Å². The van der Waals surface area contributed by atoms with Crippen LogP contribution in [0.15, 0.2) is 48.5 Å². The Balaban J connectivity index is 0.00000225. The Hall–Kier alpha value is -2.24. The fourth-order valence-electron chi connectivity index (χ4n) is 2.92. The lowest BCUT2D eigenvalue weighted by Gasteiger charge is -2.22. The maximum absolute atomic E-state index is 12.3. The van der Waals surface area contributed by atoms with Crippen LogP contribution in [-0.4, -0.2) is 18.6 Å². The van der Waals surface area contributed by atoms with E-state index in [1.165, 1.54) is 0 Å². The first-order valence-electron chi connectivity index (χ1n) is 8.12. The predicted molar refractivity (Wildman–Crippen MR) is 101 cm³/mol. The molecule has 1 aliphatic rings. The van der Waals surface area contributed by atoms with E-state index in [0.717, 1.165) is 25.7 Å². The highest BCUT2D eigenvalue weighted by atomic mass is 35.5. The Labute approximate surface area is 153 Å². The molecule has 5 nitrogen and oxygen atoms in total. The molecule has 0 radical (unpaired) electrons. The SMILES string of the molecule is COc1ccccc1Oc1ccc(NC(=O)C2(N)CCCC2)cc1.Cl. The largest absolute Gasteiger partial charge is 0.493 e. The number of halogens is 1. The van der Waals surface area contributed by atoms with Gasteiger partial charge < -0.3 is 20.5 Å². The molecule has 134 valence electrons. The van der Waals surface area contributed by atoms with E-state index in [0.29, 0.717) is 22.9 Å². The van der Waals surface area contributed by atoms with Gasteiger partial charge in [0.2, 0.25) is 5.91 Å². The van der Waals surface area contributed by atoms with Crippen molar-refractivity contribution in [2.75, 3.05) is 12.4 Å². The minimum absolute atomic E-state index is 0. The number of carbonyl (C=O) groups is 1. The van der Waals surface area contributed by atoms with E-state index < -0.39 is 5.54 Å². The minimum atomic E-state index is -0.730. The van der Waals surface area contributed by atoms with Gasteiger partial charge in [-0.1, -0.05) is 25.0 Å². The Morgan fingerprint density at radius 3 is 2.24 bits per heavy atom. The Bertz CT molecular complexity index is 713. The van der Waals surface area contributed by atoms with E-state index in [1.807, 2.05) is 24.3 Å². The van der Waals surface area contributed by atoms with E-state index >= 15 is 0 Å². The van der Waals surface area contributed by atoms with Gasteiger partial charge in [0, 0.05) is 5.69 Å². The zero-order valence-corrected chi connectivity index (χ0v) is 15.0. The van der Waals surface area contributed by atoms with Crippen LogP contribution in [0, 0.1) is 0 Å². The molecule has 0 unspecified atom stereocenters. The molecule has 0 saturated heterocycles. The topological polar surface area (TPSA) is 73.6 Å². The van der Waals surface area contributed by atoms with Crippen LogP contribution in [-0.2, 0) is 4.79 Å². The molecule has 1 saturated carbocycles. The number of hydrogen-bond donors (Lipinski definition) is 2. The third kappa shape index (κ3) is 4.44. The first-order chi connectivity index (χ1) is 11.6. The number of methoxy groups -OCH3 is 1. The second-order valence-electron chi connectivity index (χ2n) is 6.09. The van der Waals surface area contributed by atoms with Gasteiger partial charge in [-0.3, -0.25) is 4.79 Å². The van der Waals surface area contributed by atoms with Crippen LogP contribution in [0.4, 0.5) is 5.69 Å². The molecule has 2 aromatic carbocycles. The van der Waals surface area contributed by atoms with Crippen molar-refractivity contribution in [1.29, 1.82) is 0 Å². The van der Waals surface area contributed by atoms with Crippen molar-refractivity contribution in [2.45, 2.75) is 31.2 Å². The molecule has 3 N–H and O–H groups in total. The minimum Gasteiger partial charge on any atom is -0.493 e. The molecule has 2 aromatic rings. The zero-order valence-electron chi connectivity index (χ0n) is 14.2. The fourth-order valence-corrected chi connectivity index (χ4v) is 2.92. The van der Waals surface area contributed by atoms with Crippen molar-refractivity contribution in [3.63, 3.8) is 0 Å². The molecule has 3 rings (SSSR count). The van der Waals surface area contributed by atoms with Crippen molar-refractivity contribution in [1.82, 2.24) is 0 Å². The smallest absolute Gasteiger partial charge is 0.244 e. The summed E-state index contributed by atoms with van der Waals surface area (Å²) >= 11 is 0. The van der Waals surface area contributed by atoms with Crippen molar-refractivity contribution >= 4 is 24.0 Å². The molecule has 0 aliphatic heterocycles. The number of nitrogens with one attached hydrogen (secondary N) is 1. The Kier molecular flexibility index (Phi) is 6.28. The number of anilines is 1. The van der Waals surface area contributed by atoms with Gasteiger partial charge in [0.25, 0.3) is 0 Å². The first kappa shape index (κ1) is 19.1. The molecule has 0 aromatic heterocycles. The number of amides is 1. The summed E-state index contributed by atoms with van der Waals surface area (Å²) in [5.41, 5.74) is 6.15. The Morgan fingerprint density at radius 1 is 1.04 bits per heavy atom. The fraction of sp³-hybridized carbons (Fsp3) is 0.316. The Morgan fingerprint density at radius 2 is 1.64 bits per heavy atom. The molecule has 0 heterocycles. The van der Waals surface area contributed by atoms with E-state index in [-0.39, 0.29) is 18.3 Å². The first-order valence-corrected chi connectivity index (χ1v) is 8.12.